The van der Waals surface area contributed by atoms with Gasteiger partial charge in [0, 0.05) is 0 Å². The largest absolute Gasteiger partial charge is 0.494 e. The molecule has 1 aliphatic rings. The number of carbonyl (C=O) groups excluding carboxylic acids is 2. The smallest absolute Gasteiger partial charge is 0.350 e. The Morgan fingerprint density at radius 2 is 1.85 bits per heavy atom. The molecule has 0 bridgehead atoms. The minimum Gasteiger partial charge on any atom is -0.494 e. The van der Waals surface area contributed by atoms with Crippen LogP contribution in [0.3, 0.4) is 0 Å². The number of hydrogen-bond acceptors (Lipinski definition) is 8. The van der Waals surface area contributed by atoms with E-state index in [1.54, 1.807) is 26.0 Å². The number of fused-ring (bicyclic) bond motifs is 2. The fraction of sp³-hybridized carbons (Fsp3) is 0.355. The Hall–Kier alpha value is -3.98. The Balaban J connectivity index is 1.68. The molecular weight excluding hydrogens is 528 g/mol. The Morgan fingerprint density at radius 3 is 2.60 bits per heavy atom. The molecule has 1 atom stereocenters. The van der Waals surface area contributed by atoms with Crippen LogP contribution in [0.4, 0.5) is 5.13 Å². The van der Waals surface area contributed by atoms with Gasteiger partial charge in [-0.2, -0.15) is 0 Å². The van der Waals surface area contributed by atoms with Crippen LogP contribution in [-0.2, 0) is 4.74 Å². The van der Waals surface area contributed by atoms with E-state index in [0.29, 0.717) is 39.5 Å². The van der Waals surface area contributed by atoms with E-state index >= 15 is 0 Å². The molecule has 0 fully saturated rings. The summed E-state index contributed by atoms with van der Waals surface area (Å²) < 4.78 is 17.3. The summed E-state index contributed by atoms with van der Waals surface area (Å²) in [6.07, 6.45) is 3.08. The molecule has 0 saturated heterocycles. The van der Waals surface area contributed by atoms with Gasteiger partial charge in [-0.25, -0.2) is 9.78 Å². The predicted octanol–water partition coefficient (Wildman–Crippen LogP) is 6.67. The number of aryl methyl sites for hydroxylation is 3. The maximum Gasteiger partial charge on any atom is 0.350 e. The van der Waals surface area contributed by atoms with Gasteiger partial charge in [-0.1, -0.05) is 43.2 Å². The average Bonchev–Trinajstić information content (AvgIpc) is 3.45. The fourth-order valence-electron chi connectivity index (χ4n) is 4.93. The molecule has 1 unspecified atom stereocenters. The van der Waals surface area contributed by atoms with Gasteiger partial charge in [0.15, 0.2) is 10.6 Å². The van der Waals surface area contributed by atoms with Crippen LogP contribution in [-0.4, -0.2) is 30.1 Å². The maximum atomic E-state index is 14.0. The number of ether oxygens (including phenoxy) is 2. The van der Waals surface area contributed by atoms with Gasteiger partial charge in [0.05, 0.1) is 35.9 Å². The molecule has 1 amide bonds. The number of carbonyl (C=O) groups is 2. The van der Waals surface area contributed by atoms with Crippen molar-refractivity contribution in [3.63, 3.8) is 0 Å². The number of benzene rings is 2. The molecule has 4 aromatic rings. The Morgan fingerprint density at radius 1 is 1.07 bits per heavy atom. The van der Waals surface area contributed by atoms with Gasteiger partial charge in [0.25, 0.3) is 5.91 Å². The van der Waals surface area contributed by atoms with E-state index < -0.39 is 17.9 Å². The molecule has 8 nitrogen and oxygen atoms in total. The quantitative estimate of drug-likeness (QED) is 0.166. The van der Waals surface area contributed by atoms with Crippen molar-refractivity contribution in [3.05, 3.63) is 85.2 Å². The summed E-state index contributed by atoms with van der Waals surface area (Å²) in [4.78, 5) is 46.9. The molecule has 9 heteroatoms. The zero-order valence-corrected chi connectivity index (χ0v) is 24.1. The molecule has 0 radical (unpaired) electrons. The predicted molar refractivity (Wildman–Crippen MR) is 155 cm³/mol. The van der Waals surface area contributed by atoms with Gasteiger partial charge in [-0.3, -0.25) is 14.5 Å². The molecule has 0 N–H and O–H groups in total. The number of rotatable bonds is 9. The number of esters is 1. The first-order valence-corrected chi connectivity index (χ1v) is 14.4. The molecule has 3 heterocycles. The Kier molecular flexibility index (Phi) is 7.76. The summed E-state index contributed by atoms with van der Waals surface area (Å²) in [6.45, 7) is 10.2. The summed E-state index contributed by atoms with van der Waals surface area (Å²) in [5.74, 6) is -0.368. The molecule has 1 aliphatic heterocycles. The molecule has 40 heavy (non-hydrogen) atoms. The number of anilines is 1. The second kappa shape index (κ2) is 11.3. The van der Waals surface area contributed by atoms with Crippen LogP contribution >= 0.6 is 11.3 Å². The third kappa shape index (κ3) is 4.90. The molecule has 2 aromatic carbocycles. The second-order valence-corrected chi connectivity index (χ2v) is 10.9. The van der Waals surface area contributed by atoms with E-state index in [0.717, 1.165) is 41.7 Å². The normalized spacial score (nSPS) is 14.6. The first kappa shape index (κ1) is 27.6. The minimum atomic E-state index is -0.815. The fourth-order valence-corrected chi connectivity index (χ4v) is 5.92. The van der Waals surface area contributed by atoms with Gasteiger partial charge in [-0.05, 0) is 75.1 Å². The van der Waals surface area contributed by atoms with Crippen molar-refractivity contribution in [3.8, 4) is 5.75 Å². The number of nitrogens with zero attached hydrogens (tertiary/aromatic N) is 2. The van der Waals surface area contributed by atoms with Crippen molar-refractivity contribution >= 4 is 39.3 Å². The lowest BCUT2D eigenvalue weighted by molar-refractivity contribution is 0.0531. The number of thiazole rings is 1. The third-order valence-electron chi connectivity index (χ3n) is 7.13. The first-order valence-electron chi connectivity index (χ1n) is 13.5. The van der Waals surface area contributed by atoms with E-state index in [-0.39, 0.29) is 28.5 Å². The van der Waals surface area contributed by atoms with Crippen LogP contribution in [0.2, 0.25) is 0 Å². The molecule has 0 aliphatic carbocycles. The van der Waals surface area contributed by atoms with Crippen molar-refractivity contribution in [2.24, 2.45) is 0 Å². The van der Waals surface area contributed by atoms with E-state index in [9.17, 15) is 14.4 Å². The third-order valence-corrected chi connectivity index (χ3v) is 8.27. The van der Waals surface area contributed by atoms with Crippen LogP contribution in [0, 0.1) is 20.8 Å². The lowest BCUT2D eigenvalue weighted by Gasteiger charge is -2.23. The second-order valence-electron chi connectivity index (χ2n) is 9.94. The highest BCUT2D eigenvalue weighted by Gasteiger charge is 2.45. The van der Waals surface area contributed by atoms with Crippen LogP contribution in [0.15, 0.2) is 45.6 Å². The number of unbranched alkanes of at least 4 members (excludes halogenated alkanes) is 2. The summed E-state index contributed by atoms with van der Waals surface area (Å²) in [6, 6.07) is 10.2. The standard InChI is InChI=1S/C31H32N2O6S/c1-6-8-9-13-38-21-12-10-11-20(16-21)25-24-26(34)22-14-17(3)18(4)15-23(22)39-27(24)29(35)33(25)31-32-19(5)28(40-31)30(36)37-7-2/h10-12,14-16,25H,6-9,13H2,1-5H3. The lowest BCUT2D eigenvalue weighted by atomic mass is 9.97. The summed E-state index contributed by atoms with van der Waals surface area (Å²) in [5.41, 5.74) is 3.37. The van der Waals surface area contributed by atoms with Crippen LogP contribution < -0.4 is 15.1 Å². The van der Waals surface area contributed by atoms with Gasteiger partial charge in [0.2, 0.25) is 5.76 Å². The number of hydrogen-bond donors (Lipinski definition) is 0. The summed E-state index contributed by atoms with van der Waals surface area (Å²) in [5, 5.41) is 0.697. The van der Waals surface area contributed by atoms with Gasteiger partial charge >= 0.3 is 5.97 Å². The topological polar surface area (TPSA) is 98.9 Å². The summed E-state index contributed by atoms with van der Waals surface area (Å²) >= 11 is 1.06. The number of aromatic nitrogens is 1. The monoisotopic (exact) mass is 560 g/mol. The molecular formula is C31H32N2O6S. The zero-order valence-electron chi connectivity index (χ0n) is 23.3. The van der Waals surface area contributed by atoms with Crippen molar-refractivity contribution in [1.29, 1.82) is 0 Å². The highest BCUT2D eigenvalue weighted by atomic mass is 32.1. The van der Waals surface area contributed by atoms with E-state index in [4.69, 9.17) is 13.9 Å². The zero-order chi connectivity index (χ0) is 28.6. The lowest BCUT2D eigenvalue weighted by Crippen LogP contribution is -2.29. The van der Waals surface area contributed by atoms with Crippen LogP contribution in [0.25, 0.3) is 11.0 Å². The van der Waals surface area contributed by atoms with Crippen molar-refractivity contribution in [2.75, 3.05) is 18.1 Å². The van der Waals surface area contributed by atoms with Gasteiger partial charge in [-0.15, -0.1) is 0 Å². The molecule has 208 valence electrons. The highest BCUT2D eigenvalue weighted by molar-refractivity contribution is 7.17. The van der Waals surface area contributed by atoms with Crippen molar-refractivity contribution < 1.29 is 23.5 Å². The van der Waals surface area contributed by atoms with Crippen molar-refractivity contribution in [1.82, 2.24) is 4.98 Å². The van der Waals surface area contributed by atoms with Gasteiger partial charge < -0.3 is 13.9 Å². The Bertz CT molecular complexity index is 1670. The maximum absolute atomic E-state index is 14.0. The molecule has 5 rings (SSSR count). The Labute approximate surface area is 236 Å². The van der Waals surface area contributed by atoms with Gasteiger partial charge in [0.1, 0.15) is 16.2 Å². The number of amides is 1. The molecule has 0 saturated carbocycles. The van der Waals surface area contributed by atoms with Crippen LogP contribution in [0.1, 0.15) is 87.3 Å². The summed E-state index contributed by atoms with van der Waals surface area (Å²) in [7, 11) is 0. The molecule has 0 spiro atoms. The van der Waals surface area contributed by atoms with E-state index in [1.807, 2.05) is 38.1 Å². The van der Waals surface area contributed by atoms with Crippen LogP contribution in [0.5, 0.6) is 5.75 Å². The molecule has 2 aromatic heterocycles. The minimum absolute atomic E-state index is 0.0226. The SMILES string of the molecule is CCCCCOc1cccc(C2c3c(oc4cc(C)c(C)cc4c3=O)C(=O)N2c2nc(C)c(C(=O)OCC)s2)c1. The van der Waals surface area contributed by atoms with Crippen molar-refractivity contribution in [2.45, 2.75) is 59.9 Å². The highest BCUT2D eigenvalue weighted by Crippen LogP contribution is 2.44. The first-order chi connectivity index (χ1) is 19.2. The van der Waals surface area contributed by atoms with E-state index in [1.165, 1.54) is 4.90 Å². The van der Waals surface area contributed by atoms with E-state index in [2.05, 4.69) is 11.9 Å². The average molecular weight is 561 g/mol.